The Bertz CT molecular complexity index is 1340. The van der Waals surface area contributed by atoms with Crippen molar-refractivity contribution in [2.75, 3.05) is 21.3 Å². The molecule has 9 heteroatoms. The maximum Gasteiger partial charge on any atom is 0.267 e. The lowest BCUT2D eigenvalue weighted by Gasteiger charge is -2.16. The fourth-order valence-electron chi connectivity index (χ4n) is 3.65. The van der Waals surface area contributed by atoms with E-state index in [0.717, 1.165) is 5.56 Å². The molecule has 4 rings (SSSR count). The Hall–Kier alpha value is -4.24. The second kappa shape index (κ2) is 11.0. The van der Waals surface area contributed by atoms with Gasteiger partial charge in [0.1, 0.15) is 0 Å². The van der Waals surface area contributed by atoms with Crippen molar-refractivity contribution in [2.24, 2.45) is 4.99 Å². The Kier molecular flexibility index (Phi) is 7.60. The lowest BCUT2D eigenvalue weighted by Crippen LogP contribution is -2.28. The van der Waals surface area contributed by atoms with Gasteiger partial charge in [0.05, 0.1) is 44.4 Å². The third-order valence-electron chi connectivity index (χ3n) is 5.42. The molecule has 0 aromatic heterocycles. The highest BCUT2D eigenvalue weighted by Crippen LogP contribution is 2.42. The molecule has 1 saturated heterocycles. The molecule has 0 atom stereocenters. The van der Waals surface area contributed by atoms with Gasteiger partial charge in [0, 0.05) is 5.56 Å². The van der Waals surface area contributed by atoms with Crippen LogP contribution in [-0.4, -0.2) is 43.3 Å². The number of ether oxygens (including phenoxy) is 3. The fraction of sp³-hybridized carbons (Fsp3) is 0.148. The number of aliphatic imine (C=N–C) groups is 1. The van der Waals surface area contributed by atoms with Crippen molar-refractivity contribution in [3.05, 3.63) is 88.3 Å². The van der Waals surface area contributed by atoms with Crippen LogP contribution in [0, 0.1) is 0 Å². The lowest BCUT2D eigenvalue weighted by molar-refractivity contribution is -0.255. The summed E-state index contributed by atoms with van der Waals surface area (Å²) in [7, 11) is 4.58. The molecule has 3 aromatic carbocycles. The van der Waals surface area contributed by atoms with E-state index < -0.39 is 5.97 Å². The molecule has 0 bridgehead atoms. The summed E-state index contributed by atoms with van der Waals surface area (Å²) in [6.07, 6.45) is 1.73. The zero-order valence-corrected chi connectivity index (χ0v) is 20.7. The number of hydrogen-bond donors (Lipinski definition) is 0. The zero-order chi connectivity index (χ0) is 25.7. The number of carboxylic acids is 1. The van der Waals surface area contributed by atoms with Gasteiger partial charge in [-0.05, 0) is 53.2 Å². The minimum Gasteiger partial charge on any atom is -0.545 e. The number of hydrogen-bond acceptors (Lipinski definition) is 8. The van der Waals surface area contributed by atoms with Gasteiger partial charge in [0.2, 0.25) is 5.75 Å². The summed E-state index contributed by atoms with van der Waals surface area (Å²) in [5, 5.41) is 11.6. The van der Waals surface area contributed by atoms with E-state index >= 15 is 0 Å². The van der Waals surface area contributed by atoms with Crippen LogP contribution in [0.25, 0.3) is 6.08 Å². The van der Waals surface area contributed by atoms with Crippen molar-refractivity contribution in [3.8, 4) is 17.2 Å². The molecule has 0 spiro atoms. The fourth-order valence-corrected chi connectivity index (χ4v) is 4.64. The van der Waals surface area contributed by atoms with Crippen LogP contribution in [0.3, 0.4) is 0 Å². The summed E-state index contributed by atoms with van der Waals surface area (Å²) in [4.78, 5) is 31.3. The highest BCUT2D eigenvalue weighted by Gasteiger charge is 2.34. The quantitative estimate of drug-likeness (QED) is 0.430. The maximum atomic E-state index is 13.5. The van der Waals surface area contributed by atoms with Gasteiger partial charge in [-0.25, -0.2) is 4.99 Å². The number of aromatic carboxylic acids is 1. The van der Waals surface area contributed by atoms with E-state index in [1.807, 2.05) is 30.3 Å². The third kappa shape index (κ3) is 5.21. The van der Waals surface area contributed by atoms with Gasteiger partial charge in [-0.2, -0.15) is 0 Å². The second-order valence-electron chi connectivity index (χ2n) is 7.64. The van der Waals surface area contributed by atoms with Gasteiger partial charge in [0.25, 0.3) is 5.91 Å². The number of carboxylic acid groups (broad SMARTS) is 1. The van der Waals surface area contributed by atoms with Gasteiger partial charge in [-0.3, -0.25) is 9.69 Å². The average Bonchev–Trinajstić information content (AvgIpc) is 3.17. The smallest absolute Gasteiger partial charge is 0.267 e. The molecule has 1 heterocycles. The van der Waals surface area contributed by atoms with E-state index in [4.69, 9.17) is 19.2 Å². The molecule has 36 heavy (non-hydrogen) atoms. The third-order valence-corrected chi connectivity index (χ3v) is 6.43. The van der Waals surface area contributed by atoms with E-state index in [1.165, 1.54) is 45.2 Å². The van der Waals surface area contributed by atoms with Gasteiger partial charge in [-0.1, -0.05) is 42.5 Å². The van der Waals surface area contributed by atoms with Crippen molar-refractivity contribution >= 4 is 40.6 Å². The lowest BCUT2D eigenvalue weighted by atomic mass is 10.1. The van der Waals surface area contributed by atoms with Crippen LogP contribution in [-0.2, 0) is 11.3 Å². The van der Waals surface area contributed by atoms with E-state index in [0.29, 0.717) is 38.6 Å². The summed E-state index contributed by atoms with van der Waals surface area (Å²) in [6.45, 7) is 0.214. The minimum absolute atomic E-state index is 0.0696. The van der Waals surface area contributed by atoms with Crippen molar-refractivity contribution < 1.29 is 28.9 Å². The number of benzene rings is 3. The summed E-state index contributed by atoms with van der Waals surface area (Å²) < 4.78 is 16.4. The largest absolute Gasteiger partial charge is 0.545 e. The predicted octanol–water partition coefficient (Wildman–Crippen LogP) is 3.88. The van der Waals surface area contributed by atoms with Crippen LogP contribution in [0.1, 0.15) is 21.5 Å². The van der Waals surface area contributed by atoms with Crippen molar-refractivity contribution in [2.45, 2.75) is 6.54 Å². The molecular weight excluding hydrogens is 480 g/mol. The topological polar surface area (TPSA) is 100 Å². The van der Waals surface area contributed by atoms with Crippen LogP contribution in [0.5, 0.6) is 17.2 Å². The number of carbonyl (C=O) groups is 2. The number of amides is 1. The first kappa shape index (κ1) is 24.9. The van der Waals surface area contributed by atoms with E-state index in [2.05, 4.69) is 0 Å². The van der Waals surface area contributed by atoms with Gasteiger partial charge < -0.3 is 24.1 Å². The number of para-hydroxylation sites is 1. The Morgan fingerprint density at radius 3 is 2.25 bits per heavy atom. The van der Waals surface area contributed by atoms with Crippen molar-refractivity contribution in [1.82, 2.24) is 4.90 Å². The van der Waals surface area contributed by atoms with Crippen LogP contribution in [0.2, 0.25) is 0 Å². The van der Waals surface area contributed by atoms with Crippen LogP contribution in [0.4, 0.5) is 5.69 Å². The molecule has 3 aromatic rings. The molecule has 0 saturated carbocycles. The van der Waals surface area contributed by atoms with Gasteiger partial charge >= 0.3 is 0 Å². The number of rotatable bonds is 8. The zero-order valence-electron chi connectivity index (χ0n) is 19.9. The monoisotopic (exact) mass is 503 g/mol. The SMILES string of the molecule is COc1ccc(/C=C2\SC(=Nc3ccccc3)N(Cc3ccc(C(=O)[O-])cc3)C2=O)c(OC)c1OC. The minimum atomic E-state index is -1.25. The summed E-state index contributed by atoms with van der Waals surface area (Å²) in [6, 6.07) is 19.1. The summed E-state index contributed by atoms with van der Waals surface area (Å²) in [5.74, 6) is -0.122. The Morgan fingerprint density at radius 1 is 0.944 bits per heavy atom. The van der Waals surface area contributed by atoms with Crippen LogP contribution >= 0.6 is 11.8 Å². The summed E-state index contributed by atoms with van der Waals surface area (Å²) >= 11 is 1.24. The van der Waals surface area contributed by atoms with E-state index in [1.54, 1.807) is 35.2 Å². The molecule has 0 aliphatic carbocycles. The normalized spacial score (nSPS) is 15.4. The van der Waals surface area contributed by atoms with Gasteiger partial charge in [-0.15, -0.1) is 0 Å². The summed E-state index contributed by atoms with van der Waals surface area (Å²) in [5.41, 5.74) is 2.17. The molecule has 1 aliphatic heterocycles. The maximum absolute atomic E-state index is 13.5. The molecule has 1 amide bonds. The average molecular weight is 504 g/mol. The Balaban J connectivity index is 1.73. The standard InChI is InChI=1S/C27H24N2O6S/c1-33-21-14-13-19(23(34-2)24(21)35-3)15-22-25(30)29(16-17-9-11-18(12-10-17)26(31)32)27(36-22)28-20-7-5-4-6-8-20/h4-15H,16H2,1-3H3,(H,31,32)/p-1/b22-15-,28-27?. The van der Waals surface area contributed by atoms with Crippen LogP contribution < -0.4 is 19.3 Å². The Labute approximate surface area is 212 Å². The highest BCUT2D eigenvalue weighted by molar-refractivity contribution is 8.18. The molecule has 8 nitrogen and oxygen atoms in total. The number of thioether (sulfide) groups is 1. The van der Waals surface area contributed by atoms with Crippen molar-refractivity contribution in [3.63, 3.8) is 0 Å². The second-order valence-corrected chi connectivity index (χ2v) is 8.65. The molecule has 184 valence electrons. The molecule has 0 N–H and O–H groups in total. The first-order valence-corrected chi connectivity index (χ1v) is 11.7. The first-order valence-electron chi connectivity index (χ1n) is 10.9. The van der Waals surface area contributed by atoms with Crippen LogP contribution in [0.15, 0.2) is 76.6 Å². The molecule has 1 aliphatic rings. The highest BCUT2D eigenvalue weighted by atomic mass is 32.2. The van der Waals surface area contributed by atoms with E-state index in [9.17, 15) is 14.7 Å². The molecule has 0 unspecified atom stereocenters. The number of nitrogens with zero attached hydrogens (tertiary/aromatic N) is 2. The number of methoxy groups -OCH3 is 3. The first-order chi connectivity index (χ1) is 17.4. The number of carbonyl (C=O) groups excluding carboxylic acids is 2. The van der Waals surface area contributed by atoms with E-state index in [-0.39, 0.29) is 18.0 Å². The van der Waals surface area contributed by atoms with Gasteiger partial charge in [0.15, 0.2) is 16.7 Å². The predicted molar refractivity (Wildman–Crippen MR) is 137 cm³/mol. The number of amidine groups is 1. The van der Waals surface area contributed by atoms with Crippen molar-refractivity contribution in [1.29, 1.82) is 0 Å². The molecule has 0 radical (unpaired) electrons. The molecular formula is C27H23N2O6S-. The Morgan fingerprint density at radius 2 is 1.64 bits per heavy atom. The molecule has 1 fully saturated rings.